The molecule has 1 aliphatic carbocycles. The predicted octanol–water partition coefficient (Wildman–Crippen LogP) is 1.36. The zero-order valence-corrected chi connectivity index (χ0v) is 11.5. The van der Waals surface area contributed by atoms with E-state index in [1.165, 1.54) is 7.11 Å². The minimum Gasteiger partial charge on any atom is -0.466 e. The molecule has 1 fully saturated rings. The molecule has 1 aliphatic heterocycles. The van der Waals surface area contributed by atoms with Crippen molar-refractivity contribution in [2.24, 2.45) is 10.9 Å². The summed E-state index contributed by atoms with van der Waals surface area (Å²) >= 11 is 0. The molecule has 1 aromatic rings. The number of ether oxygens (including phenoxy) is 1. The summed E-state index contributed by atoms with van der Waals surface area (Å²) in [5.74, 6) is -0.369. The van der Waals surface area contributed by atoms with Gasteiger partial charge in [0, 0.05) is 18.4 Å². The van der Waals surface area contributed by atoms with E-state index in [1.807, 2.05) is 30.3 Å². The van der Waals surface area contributed by atoms with E-state index in [4.69, 9.17) is 15.3 Å². The molecule has 0 aromatic heterocycles. The molecule has 5 heteroatoms. The number of methoxy groups -OCH3 is 1. The Hall–Kier alpha value is -1.88. The van der Waals surface area contributed by atoms with Crippen LogP contribution in [0.3, 0.4) is 0 Å². The van der Waals surface area contributed by atoms with Crippen molar-refractivity contribution in [1.29, 1.82) is 0 Å². The maximum absolute atomic E-state index is 12.4. The maximum Gasteiger partial charge on any atom is 0.354 e. The Morgan fingerprint density at radius 3 is 2.60 bits per heavy atom. The second-order valence-electron chi connectivity index (χ2n) is 5.40. The van der Waals surface area contributed by atoms with Crippen molar-refractivity contribution in [3.8, 4) is 0 Å². The molecule has 2 N–H and O–H groups in total. The molecule has 0 bridgehead atoms. The summed E-state index contributed by atoms with van der Waals surface area (Å²) in [6.07, 6.45) is 2.18. The summed E-state index contributed by atoms with van der Waals surface area (Å²) in [6, 6.07) is 9.96. The topological polar surface area (TPSA) is 73.9 Å². The van der Waals surface area contributed by atoms with Gasteiger partial charge in [0.2, 0.25) is 5.60 Å². The summed E-state index contributed by atoms with van der Waals surface area (Å²) in [6.45, 7) is 0.295. The zero-order chi connectivity index (χ0) is 14.2. The minimum atomic E-state index is -1.06. The first-order valence-corrected chi connectivity index (χ1v) is 6.76. The van der Waals surface area contributed by atoms with Crippen molar-refractivity contribution >= 4 is 11.7 Å². The van der Waals surface area contributed by atoms with Crippen LogP contribution in [0.4, 0.5) is 0 Å². The number of benzene rings is 1. The number of carbonyl (C=O) groups is 1. The fourth-order valence-electron chi connectivity index (χ4n) is 3.14. The van der Waals surface area contributed by atoms with Gasteiger partial charge in [-0.1, -0.05) is 35.5 Å². The van der Waals surface area contributed by atoms with E-state index in [9.17, 15) is 4.79 Å². The lowest BCUT2D eigenvalue weighted by Gasteiger charge is -2.33. The highest BCUT2D eigenvalue weighted by Crippen LogP contribution is 2.60. The van der Waals surface area contributed by atoms with Crippen molar-refractivity contribution < 1.29 is 14.4 Å². The maximum atomic E-state index is 12.4. The van der Waals surface area contributed by atoms with Crippen molar-refractivity contribution in [2.75, 3.05) is 13.7 Å². The van der Waals surface area contributed by atoms with Gasteiger partial charge >= 0.3 is 5.97 Å². The Kier molecular flexibility index (Phi) is 3.01. The summed E-state index contributed by atoms with van der Waals surface area (Å²) in [5.41, 5.74) is 6.04. The van der Waals surface area contributed by atoms with Gasteiger partial charge in [-0.05, 0) is 18.4 Å². The molecule has 3 rings (SSSR count). The monoisotopic (exact) mass is 274 g/mol. The van der Waals surface area contributed by atoms with Crippen LogP contribution in [0.15, 0.2) is 35.5 Å². The van der Waals surface area contributed by atoms with E-state index in [2.05, 4.69) is 5.16 Å². The van der Waals surface area contributed by atoms with Crippen molar-refractivity contribution in [2.45, 2.75) is 30.3 Å². The van der Waals surface area contributed by atoms with Crippen molar-refractivity contribution in [1.82, 2.24) is 0 Å². The Morgan fingerprint density at radius 2 is 2.10 bits per heavy atom. The SMILES string of the molecule is COC(=O)C1(C2(c3ccccc3)CC2)CC(CN)=NO1. The molecular weight excluding hydrogens is 256 g/mol. The van der Waals surface area contributed by atoms with Crippen LogP contribution in [-0.2, 0) is 19.8 Å². The quantitative estimate of drug-likeness (QED) is 0.841. The molecule has 1 atom stereocenters. The molecular formula is C15H18N2O3. The molecule has 0 spiro atoms. The molecule has 106 valence electrons. The van der Waals surface area contributed by atoms with Crippen LogP contribution in [0.25, 0.3) is 0 Å². The Bertz CT molecular complexity index is 551. The van der Waals surface area contributed by atoms with Gasteiger partial charge in [-0.25, -0.2) is 4.79 Å². The first-order valence-electron chi connectivity index (χ1n) is 6.76. The second-order valence-corrected chi connectivity index (χ2v) is 5.40. The molecule has 1 heterocycles. The fraction of sp³-hybridized carbons (Fsp3) is 0.467. The van der Waals surface area contributed by atoms with Gasteiger partial charge in [0.05, 0.1) is 12.8 Å². The largest absolute Gasteiger partial charge is 0.466 e. The molecule has 0 radical (unpaired) electrons. The van der Waals surface area contributed by atoms with Crippen LogP contribution in [0, 0.1) is 0 Å². The van der Waals surface area contributed by atoms with Gasteiger partial charge in [0.15, 0.2) is 0 Å². The van der Waals surface area contributed by atoms with E-state index in [1.54, 1.807) is 0 Å². The average molecular weight is 274 g/mol. The summed E-state index contributed by atoms with van der Waals surface area (Å²) in [5, 5.41) is 4.00. The molecule has 1 aromatic carbocycles. The number of nitrogens with zero attached hydrogens (tertiary/aromatic N) is 1. The number of carbonyl (C=O) groups excluding carboxylic acids is 1. The van der Waals surface area contributed by atoms with E-state index < -0.39 is 5.60 Å². The molecule has 1 saturated carbocycles. The minimum absolute atomic E-state index is 0.295. The van der Waals surface area contributed by atoms with E-state index in [-0.39, 0.29) is 11.4 Å². The number of hydrogen-bond donors (Lipinski definition) is 1. The third-order valence-electron chi connectivity index (χ3n) is 4.38. The standard InChI is InChI=1S/C15H18N2O3/c1-19-13(18)15(9-12(10-16)17-20-15)14(7-8-14)11-5-3-2-4-6-11/h2-6H,7-10,16H2,1H3. The average Bonchev–Trinajstić information content (AvgIpc) is 3.21. The molecule has 1 unspecified atom stereocenters. The summed E-state index contributed by atoms with van der Waals surface area (Å²) < 4.78 is 5.00. The van der Waals surface area contributed by atoms with Gasteiger partial charge in [-0.3, -0.25) is 0 Å². The van der Waals surface area contributed by atoms with Crippen LogP contribution in [0.1, 0.15) is 24.8 Å². The molecule has 2 aliphatic rings. The van der Waals surface area contributed by atoms with Gasteiger partial charge in [-0.15, -0.1) is 0 Å². The molecule has 5 nitrogen and oxygen atoms in total. The first-order chi connectivity index (χ1) is 9.68. The lowest BCUT2D eigenvalue weighted by molar-refractivity contribution is -0.171. The fourth-order valence-corrected chi connectivity index (χ4v) is 3.14. The highest BCUT2D eigenvalue weighted by Gasteiger charge is 2.69. The smallest absolute Gasteiger partial charge is 0.354 e. The van der Waals surface area contributed by atoms with E-state index >= 15 is 0 Å². The Labute approximate surface area is 117 Å². The van der Waals surface area contributed by atoms with Crippen molar-refractivity contribution in [3.63, 3.8) is 0 Å². The van der Waals surface area contributed by atoms with Crippen LogP contribution in [0.2, 0.25) is 0 Å². The molecule has 0 saturated heterocycles. The van der Waals surface area contributed by atoms with Crippen molar-refractivity contribution in [3.05, 3.63) is 35.9 Å². The molecule has 0 amide bonds. The van der Waals surface area contributed by atoms with Gasteiger partial charge in [0.1, 0.15) is 0 Å². The molecule has 20 heavy (non-hydrogen) atoms. The summed E-state index contributed by atoms with van der Waals surface area (Å²) in [4.78, 5) is 18.0. The predicted molar refractivity (Wildman–Crippen MR) is 74.3 cm³/mol. The van der Waals surface area contributed by atoms with Crippen LogP contribution in [0.5, 0.6) is 0 Å². The van der Waals surface area contributed by atoms with Crippen LogP contribution < -0.4 is 5.73 Å². The first kappa shape index (κ1) is 13.1. The zero-order valence-electron chi connectivity index (χ0n) is 11.5. The lowest BCUT2D eigenvalue weighted by Crippen LogP contribution is -2.51. The normalized spacial score (nSPS) is 26.6. The third-order valence-corrected chi connectivity index (χ3v) is 4.38. The van der Waals surface area contributed by atoms with Crippen LogP contribution in [-0.4, -0.2) is 30.9 Å². The Morgan fingerprint density at radius 1 is 1.40 bits per heavy atom. The third kappa shape index (κ3) is 1.66. The number of esters is 1. The van der Waals surface area contributed by atoms with Gasteiger partial charge in [0.25, 0.3) is 0 Å². The van der Waals surface area contributed by atoms with E-state index in [0.717, 1.165) is 18.4 Å². The van der Waals surface area contributed by atoms with Gasteiger partial charge in [-0.2, -0.15) is 0 Å². The number of hydrogen-bond acceptors (Lipinski definition) is 5. The summed E-state index contributed by atoms with van der Waals surface area (Å²) in [7, 11) is 1.38. The highest BCUT2D eigenvalue weighted by molar-refractivity contribution is 5.96. The van der Waals surface area contributed by atoms with E-state index in [0.29, 0.717) is 18.7 Å². The Balaban J connectivity index is 2.02. The number of nitrogens with two attached hydrogens (primary N) is 1. The van der Waals surface area contributed by atoms with Crippen LogP contribution >= 0.6 is 0 Å². The second kappa shape index (κ2) is 4.59. The van der Waals surface area contributed by atoms with Gasteiger partial charge < -0.3 is 15.3 Å². The highest BCUT2D eigenvalue weighted by atomic mass is 16.7. The number of oxime groups is 1. The number of rotatable bonds is 4. The lowest BCUT2D eigenvalue weighted by atomic mass is 9.75.